The molecule has 4 heteroatoms. The van der Waals surface area contributed by atoms with E-state index in [9.17, 15) is 0 Å². The van der Waals surface area contributed by atoms with Crippen molar-refractivity contribution in [2.45, 2.75) is 25.4 Å². The van der Waals surface area contributed by atoms with Crippen LogP contribution in [0, 0.1) is 0 Å². The molecule has 0 N–H and O–H groups in total. The molecular weight excluding hydrogens is 220 g/mol. The van der Waals surface area contributed by atoms with Crippen LogP contribution in [0.4, 0.5) is 0 Å². The number of hydrogen-bond donors (Lipinski definition) is 0. The number of ether oxygens (including phenoxy) is 1. The van der Waals surface area contributed by atoms with Crippen LogP contribution in [0.1, 0.15) is 19.3 Å². The Morgan fingerprint density at radius 2 is 2.42 bits per heavy atom. The summed E-state index contributed by atoms with van der Waals surface area (Å²) in [5.74, 6) is 0. The van der Waals surface area contributed by atoms with E-state index in [-0.39, 0.29) is 0 Å². The number of halogens is 1. The van der Waals surface area contributed by atoms with Crippen molar-refractivity contribution in [3.05, 3.63) is 10.8 Å². The summed E-state index contributed by atoms with van der Waals surface area (Å²) in [7, 11) is 1.94. The molecule has 2 rings (SSSR count). The maximum Gasteiger partial charge on any atom is 0.297 e. The fraction of sp³-hybridized carbons (Fsp3) is 0.625. The van der Waals surface area contributed by atoms with Crippen LogP contribution in [0.3, 0.4) is 0 Å². The Balaban J connectivity index is 2.05. The average Bonchev–Trinajstić information content (AvgIpc) is 2.21. The molecule has 3 nitrogen and oxygen atoms in total. The van der Waals surface area contributed by atoms with E-state index in [4.69, 9.17) is 4.74 Å². The Bertz CT molecular complexity index is 281. The number of aryl methyl sites for hydroxylation is 1. The Hall–Kier alpha value is -0.510. The van der Waals surface area contributed by atoms with Crippen LogP contribution >= 0.6 is 15.9 Å². The van der Waals surface area contributed by atoms with E-state index in [2.05, 4.69) is 20.9 Å². The Morgan fingerprint density at radius 1 is 1.67 bits per heavy atom. The first-order valence-corrected chi connectivity index (χ1v) is 4.90. The van der Waals surface area contributed by atoms with Crippen molar-refractivity contribution in [2.75, 3.05) is 0 Å². The van der Waals surface area contributed by atoms with Gasteiger partial charge in [0.1, 0.15) is 10.7 Å². The summed E-state index contributed by atoms with van der Waals surface area (Å²) in [5.41, 5.74) is 0. The van der Waals surface area contributed by atoms with Crippen molar-refractivity contribution in [1.29, 1.82) is 0 Å². The number of aromatic nitrogens is 2. The van der Waals surface area contributed by atoms with Crippen LogP contribution in [0.25, 0.3) is 0 Å². The molecule has 0 saturated heterocycles. The lowest BCUT2D eigenvalue weighted by molar-refractivity contribution is 0.105. The molecule has 1 heterocycles. The molecule has 0 bridgehead atoms. The van der Waals surface area contributed by atoms with Gasteiger partial charge in [-0.2, -0.15) is 4.98 Å². The topological polar surface area (TPSA) is 27.1 Å². The standard InChI is InChI=1S/C8H11BrN2O/c1-11-5-7(9)10-8(11)12-6-3-2-4-6/h5-6H,2-4H2,1H3. The van der Waals surface area contributed by atoms with Gasteiger partial charge in [-0.15, -0.1) is 0 Å². The molecule has 0 radical (unpaired) electrons. The smallest absolute Gasteiger partial charge is 0.297 e. The normalized spacial score (nSPS) is 17.5. The highest BCUT2D eigenvalue weighted by molar-refractivity contribution is 9.10. The molecule has 0 aliphatic heterocycles. The molecule has 0 amide bonds. The lowest BCUT2D eigenvalue weighted by Gasteiger charge is -2.25. The first-order chi connectivity index (χ1) is 5.75. The van der Waals surface area contributed by atoms with Gasteiger partial charge in [0.25, 0.3) is 6.01 Å². The van der Waals surface area contributed by atoms with Gasteiger partial charge in [-0.05, 0) is 35.2 Å². The molecular formula is C8H11BrN2O. The molecule has 1 aromatic heterocycles. The average molecular weight is 231 g/mol. The van der Waals surface area contributed by atoms with Gasteiger partial charge in [-0.25, -0.2) is 0 Å². The highest BCUT2D eigenvalue weighted by Gasteiger charge is 2.20. The molecule has 0 aromatic carbocycles. The van der Waals surface area contributed by atoms with Crippen molar-refractivity contribution in [2.24, 2.45) is 7.05 Å². The second-order valence-electron chi connectivity index (χ2n) is 3.13. The SMILES string of the molecule is Cn1cc(Br)nc1OC1CCC1. The number of rotatable bonds is 2. The Kier molecular flexibility index (Phi) is 2.09. The molecule has 1 aliphatic carbocycles. The van der Waals surface area contributed by atoms with E-state index in [1.807, 2.05) is 17.8 Å². The van der Waals surface area contributed by atoms with Gasteiger partial charge in [0.15, 0.2) is 0 Å². The third-order valence-corrected chi connectivity index (χ3v) is 2.51. The predicted octanol–water partition coefficient (Wildman–Crippen LogP) is 2.11. The molecule has 1 aliphatic rings. The summed E-state index contributed by atoms with van der Waals surface area (Å²) in [6.07, 6.45) is 5.93. The van der Waals surface area contributed by atoms with E-state index in [0.717, 1.165) is 4.60 Å². The molecule has 1 fully saturated rings. The van der Waals surface area contributed by atoms with E-state index in [0.29, 0.717) is 12.1 Å². The van der Waals surface area contributed by atoms with Crippen LogP contribution in [0.2, 0.25) is 0 Å². The zero-order chi connectivity index (χ0) is 8.55. The lowest BCUT2D eigenvalue weighted by Crippen LogP contribution is -2.25. The van der Waals surface area contributed by atoms with Crippen LogP contribution in [-0.2, 0) is 7.05 Å². The fourth-order valence-corrected chi connectivity index (χ4v) is 1.62. The monoisotopic (exact) mass is 230 g/mol. The van der Waals surface area contributed by atoms with E-state index in [1.54, 1.807) is 0 Å². The summed E-state index contributed by atoms with van der Waals surface area (Å²) in [6, 6.07) is 0.714. The highest BCUT2D eigenvalue weighted by Crippen LogP contribution is 2.25. The summed E-state index contributed by atoms with van der Waals surface area (Å²) in [5, 5.41) is 0. The Labute approximate surface area is 79.9 Å². The molecule has 0 unspecified atom stereocenters. The van der Waals surface area contributed by atoms with Crippen molar-refractivity contribution >= 4 is 15.9 Å². The highest BCUT2D eigenvalue weighted by atomic mass is 79.9. The second-order valence-corrected chi connectivity index (χ2v) is 3.94. The molecule has 1 saturated carbocycles. The first kappa shape index (κ1) is 8.10. The van der Waals surface area contributed by atoms with Crippen LogP contribution in [-0.4, -0.2) is 15.7 Å². The largest absolute Gasteiger partial charge is 0.461 e. The number of nitrogens with zero attached hydrogens (tertiary/aromatic N) is 2. The minimum Gasteiger partial charge on any atom is -0.461 e. The van der Waals surface area contributed by atoms with Gasteiger partial charge < -0.3 is 9.30 Å². The minimum atomic E-state index is 0.401. The molecule has 1 aromatic rings. The summed E-state index contributed by atoms with van der Waals surface area (Å²) in [6.45, 7) is 0. The van der Waals surface area contributed by atoms with Crippen molar-refractivity contribution < 1.29 is 4.74 Å². The second kappa shape index (κ2) is 3.09. The Morgan fingerprint density at radius 3 is 2.83 bits per heavy atom. The number of hydrogen-bond acceptors (Lipinski definition) is 2. The predicted molar refractivity (Wildman–Crippen MR) is 49.2 cm³/mol. The molecule has 12 heavy (non-hydrogen) atoms. The fourth-order valence-electron chi connectivity index (χ4n) is 1.16. The van der Waals surface area contributed by atoms with E-state index in [1.165, 1.54) is 19.3 Å². The van der Waals surface area contributed by atoms with Crippen molar-refractivity contribution in [3.63, 3.8) is 0 Å². The first-order valence-electron chi connectivity index (χ1n) is 4.11. The summed E-state index contributed by atoms with van der Waals surface area (Å²) in [4.78, 5) is 4.19. The van der Waals surface area contributed by atoms with Gasteiger partial charge in [0.2, 0.25) is 0 Å². The van der Waals surface area contributed by atoms with Gasteiger partial charge >= 0.3 is 0 Å². The summed E-state index contributed by atoms with van der Waals surface area (Å²) >= 11 is 3.30. The van der Waals surface area contributed by atoms with E-state index >= 15 is 0 Å². The van der Waals surface area contributed by atoms with Crippen molar-refractivity contribution in [3.8, 4) is 6.01 Å². The van der Waals surface area contributed by atoms with Gasteiger partial charge in [0, 0.05) is 13.2 Å². The molecule has 0 atom stereocenters. The lowest BCUT2D eigenvalue weighted by atomic mass is 9.96. The maximum absolute atomic E-state index is 5.62. The van der Waals surface area contributed by atoms with Crippen LogP contribution in [0.15, 0.2) is 10.8 Å². The van der Waals surface area contributed by atoms with Crippen LogP contribution < -0.4 is 4.74 Å². The zero-order valence-corrected chi connectivity index (χ0v) is 8.54. The third kappa shape index (κ3) is 1.48. The zero-order valence-electron chi connectivity index (χ0n) is 6.96. The van der Waals surface area contributed by atoms with Crippen LogP contribution in [0.5, 0.6) is 6.01 Å². The minimum absolute atomic E-state index is 0.401. The molecule has 0 spiro atoms. The molecule has 66 valence electrons. The summed E-state index contributed by atoms with van der Waals surface area (Å²) < 4.78 is 8.35. The van der Waals surface area contributed by atoms with Gasteiger partial charge in [-0.3, -0.25) is 0 Å². The van der Waals surface area contributed by atoms with Gasteiger partial charge in [0.05, 0.1) is 0 Å². The van der Waals surface area contributed by atoms with E-state index < -0.39 is 0 Å². The van der Waals surface area contributed by atoms with Crippen molar-refractivity contribution in [1.82, 2.24) is 9.55 Å². The quantitative estimate of drug-likeness (QED) is 0.779. The maximum atomic E-state index is 5.62. The van der Waals surface area contributed by atoms with Gasteiger partial charge in [-0.1, -0.05) is 0 Å². The number of imidazole rings is 1. The third-order valence-electron chi connectivity index (χ3n) is 2.13.